The third-order valence-electron chi connectivity index (χ3n) is 3.13. The highest BCUT2D eigenvalue weighted by atomic mass is 32.1. The van der Waals surface area contributed by atoms with Gasteiger partial charge in [-0.2, -0.15) is 0 Å². The second kappa shape index (κ2) is 6.90. The number of ether oxygens (including phenoxy) is 1. The molecule has 0 aromatic carbocycles. The Morgan fingerprint density at radius 2 is 2.30 bits per heavy atom. The van der Waals surface area contributed by atoms with Crippen molar-refractivity contribution in [3.8, 4) is 0 Å². The first kappa shape index (κ1) is 15.1. The van der Waals surface area contributed by atoms with E-state index in [1.54, 1.807) is 0 Å². The van der Waals surface area contributed by atoms with Gasteiger partial charge in [-0.3, -0.25) is 4.79 Å². The average Bonchev–Trinajstić information content (AvgIpc) is 2.70. The van der Waals surface area contributed by atoms with Crippen molar-refractivity contribution in [1.82, 2.24) is 10.3 Å². The largest absolute Gasteiger partial charge is 0.382 e. The Morgan fingerprint density at radius 1 is 1.55 bits per heavy atom. The highest BCUT2D eigenvalue weighted by Gasteiger charge is 2.21. The van der Waals surface area contributed by atoms with E-state index >= 15 is 0 Å². The number of nitrogens with zero attached hydrogens (tertiary/aromatic N) is 1. The standard InChI is InChI=1S/C13H22N4O2S/c1-8(2)19-7-6-15-12(18)10-11(14)17-13(20-10)16-9-4-3-5-9/h8-9H,3-7,14H2,1-2H3,(H,15,18)(H,16,17). The fourth-order valence-corrected chi connectivity index (χ4v) is 2.70. The number of nitrogens with two attached hydrogens (primary N) is 1. The van der Waals surface area contributed by atoms with Crippen LogP contribution in [0.5, 0.6) is 0 Å². The van der Waals surface area contributed by atoms with E-state index in [9.17, 15) is 4.79 Å². The molecule has 0 atom stereocenters. The molecule has 0 radical (unpaired) electrons. The smallest absolute Gasteiger partial charge is 0.265 e. The van der Waals surface area contributed by atoms with Gasteiger partial charge in [-0.1, -0.05) is 11.3 Å². The molecule has 0 spiro atoms. The molecule has 1 saturated carbocycles. The summed E-state index contributed by atoms with van der Waals surface area (Å²) in [5.74, 6) is 0.105. The number of nitrogen functional groups attached to an aromatic ring is 1. The van der Waals surface area contributed by atoms with Crippen LogP contribution in [0.1, 0.15) is 42.8 Å². The second-order valence-corrected chi connectivity index (χ2v) is 6.18. The van der Waals surface area contributed by atoms with Gasteiger partial charge in [-0.25, -0.2) is 4.98 Å². The van der Waals surface area contributed by atoms with Gasteiger partial charge in [0.15, 0.2) is 5.13 Å². The molecule has 2 rings (SSSR count). The summed E-state index contributed by atoms with van der Waals surface area (Å²) in [6, 6.07) is 0.482. The maximum atomic E-state index is 12.0. The number of hydrogen-bond donors (Lipinski definition) is 3. The summed E-state index contributed by atoms with van der Waals surface area (Å²) in [4.78, 5) is 16.7. The zero-order valence-corrected chi connectivity index (χ0v) is 12.8. The quantitative estimate of drug-likeness (QED) is 0.668. The molecule has 1 aromatic rings. The summed E-state index contributed by atoms with van der Waals surface area (Å²) in [5, 5.41) is 6.82. The molecule has 7 heteroatoms. The Balaban J connectivity index is 1.82. The third-order valence-corrected chi connectivity index (χ3v) is 4.13. The van der Waals surface area contributed by atoms with Gasteiger partial charge in [0, 0.05) is 12.6 Å². The minimum atomic E-state index is -0.186. The maximum absolute atomic E-state index is 12.0. The molecule has 112 valence electrons. The van der Waals surface area contributed by atoms with Gasteiger partial charge in [-0.05, 0) is 33.1 Å². The lowest BCUT2D eigenvalue weighted by atomic mass is 9.93. The minimum absolute atomic E-state index is 0.165. The molecule has 6 nitrogen and oxygen atoms in total. The Bertz CT molecular complexity index is 457. The molecule has 1 amide bonds. The van der Waals surface area contributed by atoms with Crippen LogP contribution in [-0.4, -0.2) is 36.2 Å². The SMILES string of the molecule is CC(C)OCCNC(=O)c1sc(NC2CCC2)nc1N. The maximum Gasteiger partial charge on any atom is 0.265 e. The van der Waals surface area contributed by atoms with Gasteiger partial charge < -0.3 is 21.1 Å². The van der Waals surface area contributed by atoms with E-state index in [0.29, 0.717) is 29.9 Å². The van der Waals surface area contributed by atoms with Crippen molar-refractivity contribution in [3.63, 3.8) is 0 Å². The van der Waals surface area contributed by atoms with Crippen molar-refractivity contribution in [1.29, 1.82) is 0 Å². The summed E-state index contributed by atoms with van der Waals surface area (Å²) < 4.78 is 5.37. The van der Waals surface area contributed by atoms with Crippen molar-refractivity contribution >= 4 is 28.2 Å². The number of anilines is 2. The first-order valence-electron chi connectivity index (χ1n) is 6.99. The molecule has 0 saturated heterocycles. The molecule has 0 unspecified atom stereocenters. The normalized spacial score (nSPS) is 15.2. The van der Waals surface area contributed by atoms with Gasteiger partial charge in [0.05, 0.1) is 12.7 Å². The number of carbonyl (C=O) groups is 1. The molecule has 0 aliphatic heterocycles. The first-order chi connectivity index (χ1) is 9.56. The predicted molar refractivity (Wildman–Crippen MR) is 81.2 cm³/mol. The number of thiazole rings is 1. The zero-order chi connectivity index (χ0) is 14.5. The van der Waals surface area contributed by atoms with Crippen LogP contribution in [0.3, 0.4) is 0 Å². The Labute approximate surface area is 123 Å². The van der Waals surface area contributed by atoms with E-state index in [-0.39, 0.29) is 12.0 Å². The van der Waals surface area contributed by atoms with E-state index in [1.807, 2.05) is 13.8 Å². The zero-order valence-electron chi connectivity index (χ0n) is 11.9. The fraction of sp³-hybridized carbons (Fsp3) is 0.692. The Hall–Kier alpha value is -1.34. The summed E-state index contributed by atoms with van der Waals surface area (Å²) in [6.45, 7) is 4.89. The fourth-order valence-electron chi connectivity index (χ4n) is 1.82. The number of amides is 1. The summed E-state index contributed by atoms with van der Waals surface area (Å²) in [5.41, 5.74) is 5.80. The molecule has 1 heterocycles. The van der Waals surface area contributed by atoms with Gasteiger partial charge in [0.1, 0.15) is 10.7 Å². The summed E-state index contributed by atoms with van der Waals surface area (Å²) >= 11 is 1.31. The molecule has 1 aromatic heterocycles. The van der Waals surface area contributed by atoms with Gasteiger partial charge in [-0.15, -0.1) is 0 Å². The lowest BCUT2D eigenvalue weighted by Gasteiger charge is -2.25. The van der Waals surface area contributed by atoms with Crippen LogP contribution in [0, 0.1) is 0 Å². The van der Waals surface area contributed by atoms with Crippen molar-refractivity contribution in [2.24, 2.45) is 0 Å². The molecule has 1 aliphatic carbocycles. The van der Waals surface area contributed by atoms with Crippen molar-refractivity contribution in [3.05, 3.63) is 4.88 Å². The van der Waals surface area contributed by atoms with Crippen LogP contribution in [0.4, 0.5) is 10.9 Å². The van der Waals surface area contributed by atoms with Crippen molar-refractivity contribution < 1.29 is 9.53 Å². The van der Waals surface area contributed by atoms with Gasteiger partial charge in [0.25, 0.3) is 5.91 Å². The number of nitrogens with one attached hydrogen (secondary N) is 2. The number of carbonyl (C=O) groups excluding carboxylic acids is 1. The second-order valence-electron chi connectivity index (χ2n) is 5.18. The molecule has 20 heavy (non-hydrogen) atoms. The molecule has 1 fully saturated rings. The summed E-state index contributed by atoms with van der Waals surface area (Å²) in [6.07, 6.45) is 3.74. The van der Waals surface area contributed by atoms with Crippen molar-refractivity contribution in [2.45, 2.75) is 45.3 Å². The number of aromatic nitrogens is 1. The number of hydrogen-bond acceptors (Lipinski definition) is 6. The molecular weight excluding hydrogens is 276 g/mol. The van der Waals surface area contributed by atoms with E-state index < -0.39 is 0 Å². The molecule has 1 aliphatic rings. The Morgan fingerprint density at radius 3 is 2.90 bits per heavy atom. The molecule has 0 bridgehead atoms. The first-order valence-corrected chi connectivity index (χ1v) is 7.80. The van der Waals surface area contributed by atoms with Crippen LogP contribution >= 0.6 is 11.3 Å². The third kappa shape index (κ3) is 4.08. The average molecular weight is 298 g/mol. The van der Waals surface area contributed by atoms with E-state index in [2.05, 4.69) is 15.6 Å². The van der Waals surface area contributed by atoms with Gasteiger partial charge in [0.2, 0.25) is 0 Å². The summed E-state index contributed by atoms with van der Waals surface area (Å²) in [7, 11) is 0. The molecule has 4 N–H and O–H groups in total. The molecular formula is C13H22N4O2S. The van der Waals surface area contributed by atoms with Gasteiger partial charge >= 0.3 is 0 Å². The van der Waals surface area contributed by atoms with Crippen LogP contribution in [0.25, 0.3) is 0 Å². The topological polar surface area (TPSA) is 89.3 Å². The van der Waals surface area contributed by atoms with Crippen LogP contribution < -0.4 is 16.4 Å². The lowest BCUT2D eigenvalue weighted by Crippen LogP contribution is -2.28. The predicted octanol–water partition coefficient (Wildman–Crippen LogP) is 1.84. The van der Waals surface area contributed by atoms with Crippen molar-refractivity contribution in [2.75, 3.05) is 24.2 Å². The van der Waals surface area contributed by atoms with Crippen LogP contribution in [0.2, 0.25) is 0 Å². The Kier molecular flexibility index (Phi) is 5.19. The number of rotatable bonds is 7. The highest BCUT2D eigenvalue weighted by Crippen LogP contribution is 2.29. The van der Waals surface area contributed by atoms with E-state index in [4.69, 9.17) is 10.5 Å². The van der Waals surface area contributed by atoms with Crippen LogP contribution in [-0.2, 0) is 4.74 Å². The van der Waals surface area contributed by atoms with E-state index in [1.165, 1.54) is 17.8 Å². The lowest BCUT2D eigenvalue weighted by molar-refractivity contribution is 0.0748. The monoisotopic (exact) mass is 298 g/mol. The highest BCUT2D eigenvalue weighted by molar-refractivity contribution is 7.18. The van der Waals surface area contributed by atoms with Crippen LogP contribution in [0.15, 0.2) is 0 Å². The minimum Gasteiger partial charge on any atom is -0.382 e. The van der Waals surface area contributed by atoms with E-state index in [0.717, 1.165) is 18.0 Å².